The van der Waals surface area contributed by atoms with Crippen molar-refractivity contribution in [3.8, 4) is 0 Å². The van der Waals surface area contributed by atoms with E-state index in [1.807, 2.05) is 13.8 Å². The molecule has 4 atom stereocenters. The molecule has 1 rings (SSSR count). The van der Waals surface area contributed by atoms with E-state index in [0.717, 1.165) is 21.4 Å². The largest absolute Gasteiger partial charge is 0.457 e. The predicted molar refractivity (Wildman–Crippen MR) is 111 cm³/mol. The summed E-state index contributed by atoms with van der Waals surface area (Å²) >= 11 is 0. The molecule has 0 radical (unpaired) electrons. The Labute approximate surface area is 159 Å². The fraction of sp³-hybridized carbons (Fsp3) is 0.938. The second kappa shape index (κ2) is 16.8. The minimum absolute atomic E-state index is 0.103. The monoisotopic (exact) mass is 418 g/mol. The second-order valence-corrected chi connectivity index (χ2v) is 7.70. The number of ether oxygens (including phenoxy) is 1. The average Bonchev–Trinajstić information content (AvgIpc) is 2.96. The number of carbonyl (C=O) groups is 1. The third kappa shape index (κ3) is 13.4. The molecule has 1 heterocycles. The summed E-state index contributed by atoms with van der Waals surface area (Å²) in [5, 5.41) is 18.2. The van der Waals surface area contributed by atoms with Gasteiger partial charge in [0.25, 0.3) is 0 Å². The van der Waals surface area contributed by atoms with Crippen LogP contribution in [0, 0.1) is 0 Å². The zero-order chi connectivity index (χ0) is 19.8. The summed E-state index contributed by atoms with van der Waals surface area (Å²) in [6.45, 7) is 9.14. The second-order valence-electron chi connectivity index (χ2n) is 6.04. The van der Waals surface area contributed by atoms with Crippen molar-refractivity contribution in [2.24, 2.45) is 0 Å². The number of cyclic esters (lactones) is 1. The van der Waals surface area contributed by atoms with E-state index in [1.54, 1.807) is 0 Å². The highest BCUT2D eigenvalue weighted by Crippen LogP contribution is 2.30. The van der Waals surface area contributed by atoms with Crippen molar-refractivity contribution >= 4 is 33.5 Å². The van der Waals surface area contributed by atoms with Crippen molar-refractivity contribution in [1.82, 2.24) is 0 Å². The summed E-state index contributed by atoms with van der Waals surface area (Å²) in [6.07, 6.45) is 4.01. The normalized spacial score (nSPS) is 21.4. The molecule has 0 aliphatic carbocycles. The molecule has 4 unspecified atom stereocenters. The third-order valence-corrected chi connectivity index (χ3v) is 4.25. The van der Waals surface area contributed by atoms with E-state index >= 15 is 0 Å². The minimum Gasteiger partial charge on any atom is -0.457 e. The molecular weight excluding hydrogens is 381 g/mol. The molecule has 152 valence electrons. The van der Waals surface area contributed by atoms with Crippen LogP contribution in [0.2, 0.25) is 0 Å². The summed E-state index contributed by atoms with van der Waals surface area (Å²) in [5.41, 5.74) is -1.09. The maximum absolute atomic E-state index is 10.8. The average molecular weight is 418 g/mol. The highest BCUT2D eigenvalue weighted by atomic mass is 31.1. The number of aliphatic hydroxyl groups excluding tert-OH is 1. The van der Waals surface area contributed by atoms with Gasteiger partial charge in [0.15, 0.2) is 0 Å². The summed E-state index contributed by atoms with van der Waals surface area (Å²) < 4.78 is 14.8. The SMILES string of the molecule is CCC(O)(CCCO)COP.CCC1(COP)CCC(=O)O1.CPC. The van der Waals surface area contributed by atoms with E-state index in [1.165, 1.54) is 0 Å². The van der Waals surface area contributed by atoms with Crippen molar-refractivity contribution in [1.29, 1.82) is 0 Å². The van der Waals surface area contributed by atoms with Crippen molar-refractivity contribution in [3.05, 3.63) is 0 Å². The summed E-state index contributed by atoms with van der Waals surface area (Å²) in [5.74, 6) is -0.103. The van der Waals surface area contributed by atoms with Gasteiger partial charge >= 0.3 is 5.97 Å². The number of carbonyl (C=O) groups excluding carboxylic acids is 1. The maximum atomic E-state index is 10.8. The number of hydrogen-bond donors (Lipinski definition) is 2. The van der Waals surface area contributed by atoms with Crippen LogP contribution in [0.3, 0.4) is 0 Å². The molecule has 1 aliphatic rings. The molecule has 0 aromatic heterocycles. The van der Waals surface area contributed by atoms with Crippen LogP contribution in [-0.2, 0) is 18.6 Å². The first kappa shape index (κ1) is 27.8. The highest BCUT2D eigenvalue weighted by Gasteiger charge is 2.38. The van der Waals surface area contributed by atoms with Gasteiger partial charge in [0.1, 0.15) is 5.60 Å². The number of hydrogen-bond acceptors (Lipinski definition) is 6. The number of esters is 1. The van der Waals surface area contributed by atoms with E-state index in [9.17, 15) is 9.90 Å². The Bertz CT molecular complexity index is 335. The maximum Gasteiger partial charge on any atom is 0.306 e. The highest BCUT2D eigenvalue weighted by molar-refractivity contribution is 7.35. The molecule has 25 heavy (non-hydrogen) atoms. The molecule has 9 heteroatoms. The van der Waals surface area contributed by atoms with Gasteiger partial charge in [-0.25, -0.2) is 0 Å². The molecule has 1 aliphatic heterocycles. The lowest BCUT2D eigenvalue weighted by Crippen LogP contribution is -2.32. The predicted octanol–water partition coefficient (Wildman–Crippen LogP) is 2.91. The molecular formula is C16H37O6P3. The van der Waals surface area contributed by atoms with Crippen LogP contribution in [-0.4, -0.2) is 60.5 Å². The molecule has 0 amide bonds. The molecule has 1 fully saturated rings. The summed E-state index contributed by atoms with van der Waals surface area (Å²) in [6, 6.07) is 0. The Morgan fingerprint density at radius 2 is 1.92 bits per heavy atom. The standard InChI is InChI=1S/C7H13O3P.C7H17O3P.C2H7P/c1-2-7(5-9-11)4-3-6(8)10-7;1-2-7(9,6-10-11)4-3-5-8;1-3-2/h2-5,11H2,1H3;8-9H,2-6,11H2,1H3;3H,1-2H3. The van der Waals surface area contributed by atoms with Crippen LogP contribution in [0.4, 0.5) is 0 Å². The van der Waals surface area contributed by atoms with Crippen molar-refractivity contribution in [3.63, 3.8) is 0 Å². The molecule has 0 saturated carbocycles. The molecule has 2 N–H and O–H groups in total. The Hall–Kier alpha value is 0.600. The van der Waals surface area contributed by atoms with Crippen LogP contribution in [0.1, 0.15) is 52.4 Å². The van der Waals surface area contributed by atoms with Gasteiger partial charge in [0.2, 0.25) is 0 Å². The Kier molecular flexibility index (Phi) is 18.6. The van der Waals surface area contributed by atoms with Crippen LogP contribution in [0.15, 0.2) is 0 Å². The van der Waals surface area contributed by atoms with Crippen LogP contribution in [0.25, 0.3) is 0 Å². The Morgan fingerprint density at radius 1 is 1.32 bits per heavy atom. The first-order chi connectivity index (χ1) is 11.8. The van der Waals surface area contributed by atoms with Gasteiger partial charge in [-0.05, 0) is 45.4 Å². The summed E-state index contributed by atoms with van der Waals surface area (Å²) in [7, 11) is 5.38. The van der Waals surface area contributed by atoms with Crippen LogP contribution in [0.5, 0.6) is 0 Å². The molecule has 0 aromatic rings. The molecule has 0 bridgehead atoms. The van der Waals surface area contributed by atoms with Gasteiger partial charge in [-0.15, -0.1) is 8.58 Å². The van der Waals surface area contributed by atoms with E-state index in [4.69, 9.17) is 18.9 Å². The zero-order valence-electron chi connectivity index (χ0n) is 16.0. The van der Waals surface area contributed by atoms with Crippen LogP contribution < -0.4 is 0 Å². The molecule has 0 spiro atoms. The number of aliphatic hydroxyl groups is 2. The third-order valence-electron chi connectivity index (χ3n) is 3.92. The van der Waals surface area contributed by atoms with Gasteiger partial charge in [-0.3, -0.25) is 4.79 Å². The Morgan fingerprint density at radius 3 is 2.24 bits per heavy atom. The molecule has 6 nitrogen and oxygen atoms in total. The van der Waals surface area contributed by atoms with Gasteiger partial charge in [0, 0.05) is 32.0 Å². The van der Waals surface area contributed by atoms with E-state index in [-0.39, 0.29) is 18.2 Å². The van der Waals surface area contributed by atoms with E-state index < -0.39 is 5.60 Å². The van der Waals surface area contributed by atoms with Crippen molar-refractivity contribution < 1.29 is 28.8 Å². The van der Waals surface area contributed by atoms with Gasteiger partial charge in [0.05, 0.1) is 18.8 Å². The first-order valence-corrected chi connectivity index (χ1v) is 11.5. The number of rotatable bonds is 9. The van der Waals surface area contributed by atoms with Gasteiger partial charge in [-0.2, -0.15) is 0 Å². The fourth-order valence-electron chi connectivity index (χ4n) is 2.19. The quantitative estimate of drug-likeness (QED) is 0.443. The summed E-state index contributed by atoms with van der Waals surface area (Å²) in [4.78, 5) is 10.8. The lowest BCUT2D eigenvalue weighted by Gasteiger charge is -2.25. The van der Waals surface area contributed by atoms with Gasteiger partial charge < -0.3 is 24.0 Å². The smallest absolute Gasteiger partial charge is 0.306 e. The van der Waals surface area contributed by atoms with E-state index in [0.29, 0.717) is 38.9 Å². The first-order valence-electron chi connectivity index (χ1n) is 8.59. The minimum atomic E-state index is -0.759. The Balaban J connectivity index is 0. The van der Waals surface area contributed by atoms with Crippen molar-refractivity contribution in [2.45, 2.75) is 63.6 Å². The van der Waals surface area contributed by atoms with Crippen molar-refractivity contribution in [2.75, 3.05) is 33.2 Å². The molecule has 0 aromatic carbocycles. The zero-order valence-corrected chi connectivity index (χ0v) is 19.4. The van der Waals surface area contributed by atoms with Crippen LogP contribution >= 0.6 is 27.5 Å². The van der Waals surface area contributed by atoms with Gasteiger partial charge in [-0.1, -0.05) is 13.8 Å². The fourth-order valence-corrected chi connectivity index (χ4v) is 2.81. The lowest BCUT2D eigenvalue weighted by atomic mass is 9.96. The lowest BCUT2D eigenvalue weighted by molar-refractivity contribution is -0.150. The van der Waals surface area contributed by atoms with E-state index in [2.05, 4.69) is 32.3 Å². The molecule has 1 saturated heterocycles. The topological polar surface area (TPSA) is 85.2 Å².